The highest BCUT2D eigenvalue weighted by Gasteiger charge is 2.08. The minimum absolute atomic E-state index is 0.0258. The molecule has 2 aromatic rings. The highest BCUT2D eigenvalue weighted by Crippen LogP contribution is 2.22. The summed E-state index contributed by atoms with van der Waals surface area (Å²) in [5.74, 6) is 0.448. The number of nitrogens with zero attached hydrogens (tertiary/aromatic N) is 2. The third-order valence-electron chi connectivity index (χ3n) is 2.43. The van der Waals surface area contributed by atoms with E-state index in [4.69, 9.17) is 0 Å². The van der Waals surface area contributed by atoms with Gasteiger partial charge in [0.1, 0.15) is 5.69 Å². The molecule has 2 heterocycles. The maximum atomic E-state index is 12.0. The number of thiophene rings is 1. The maximum absolute atomic E-state index is 12.0. The molecule has 0 aliphatic carbocycles. The molecule has 0 amide bonds. The standard InChI is InChI=1S/C12H14N2OS2/c1-2-5-14-12(15)9(8-16)7-10(13-14)11-4-3-6-17-11/h3-4,6-7,16H,2,5,8H2,1H3. The lowest BCUT2D eigenvalue weighted by molar-refractivity contribution is 0.567. The molecule has 0 saturated heterocycles. The number of aryl methyl sites for hydroxylation is 1. The zero-order valence-corrected chi connectivity index (χ0v) is 11.3. The van der Waals surface area contributed by atoms with Crippen LogP contribution in [0.15, 0.2) is 28.4 Å². The van der Waals surface area contributed by atoms with E-state index in [9.17, 15) is 4.79 Å². The second-order valence-corrected chi connectivity index (χ2v) is 4.98. The summed E-state index contributed by atoms with van der Waals surface area (Å²) in [5, 5.41) is 6.40. The Balaban J connectivity index is 2.55. The van der Waals surface area contributed by atoms with Crippen LogP contribution in [0, 0.1) is 0 Å². The molecule has 5 heteroatoms. The summed E-state index contributed by atoms with van der Waals surface area (Å²) < 4.78 is 1.54. The summed E-state index contributed by atoms with van der Waals surface area (Å²) in [6.07, 6.45) is 0.896. The van der Waals surface area contributed by atoms with E-state index >= 15 is 0 Å². The number of rotatable bonds is 4. The van der Waals surface area contributed by atoms with Crippen molar-refractivity contribution in [3.05, 3.63) is 39.5 Å². The van der Waals surface area contributed by atoms with Gasteiger partial charge in [-0.3, -0.25) is 4.79 Å². The number of hydrogen-bond acceptors (Lipinski definition) is 4. The van der Waals surface area contributed by atoms with E-state index in [2.05, 4.69) is 17.7 Å². The van der Waals surface area contributed by atoms with Gasteiger partial charge in [0.05, 0.1) is 4.88 Å². The summed E-state index contributed by atoms with van der Waals surface area (Å²) >= 11 is 5.83. The first kappa shape index (κ1) is 12.4. The highest BCUT2D eigenvalue weighted by molar-refractivity contribution is 7.79. The van der Waals surface area contributed by atoms with Gasteiger partial charge in [-0.25, -0.2) is 4.68 Å². The summed E-state index contributed by atoms with van der Waals surface area (Å²) in [7, 11) is 0. The van der Waals surface area contributed by atoms with E-state index in [1.165, 1.54) is 0 Å². The van der Waals surface area contributed by atoms with Crippen LogP contribution in [0.4, 0.5) is 0 Å². The lowest BCUT2D eigenvalue weighted by Crippen LogP contribution is -2.26. The lowest BCUT2D eigenvalue weighted by Gasteiger charge is -2.07. The average molecular weight is 266 g/mol. The SMILES string of the molecule is CCCn1nc(-c2cccs2)cc(CS)c1=O. The molecule has 0 bridgehead atoms. The number of hydrogen-bond donors (Lipinski definition) is 1. The molecule has 17 heavy (non-hydrogen) atoms. The van der Waals surface area contributed by atoms with Crippen LogP contribution < -0.4 is 5.56 Å². The smallest absolute Gasteiger partial charge is 0.267 e. The molecule has 0 aromatic carbocycles. The van der Waals surface area contributed by atoms with Crippen molar-refractivity contribution < 1.29 is 0 Å². The van der Waals surface area contributed by atoms with Gasteiger partial charge in [-0.2, -0.15) is 17.7 Å². The van der Waals surface area contributed by atoms with Crippen molar-refractivity contribution in [2.45, 2.75) is 25.6 Å². The topological polar surface area (TPSA) is 34.9 Å². The Hall–Kier alpha value is -1.07. The first-order chi connectivity index (χ1) is 8.26. The van der Waals surface area contributed by atoms with Gasteiger partial charge < -0.3 is 0 Å². The van der Waals surface area contributed by atoms with Crippen LogP contribution in [0.5, 0.6) is 0 Å². The van der Waals surface area contributed by atoms with Crippen LogP contribution in [0.2, 0.25) is 0 Å². The molecule has 0 fully saturated rings. The molecule has 0 radical (unpaired) electrons. The van der Waals surface area contributed by atoms with Crippen LogP contribution in [-0.2, 0) is 12.3 Å². The maximum Gasteiger partial charge on any atom is 0.270 e. The van der Waals surface area contributed by atoms with Gasteiger partial charge in [-0.15, -0.1) is 11.3 Å². The van der Waals surface area contributed by atoms with Crippen molar-refractivity contribution in [1.82, 2.24) is 9.78 Å². The van der Waals surface area contributed by atoms with Crippen molar-refractivity contribution >= 4 is 24.0 Å². The second-order valence-electron chi connectivity index (χ2n) is 3.72. The van der Waals surface area contributed by atoms with Gasteiger partial charge in [0.15, 0.2) is 0 Å². The van der Waals surface area contributed by atoms with E-state index in [1.807, 2.05) is 30.5 Å². The molecular weight excluding hydrogens is 252 g/mol. The third-order valence-corrected chi connectivity index (χ3v) is 3.66. The van der Waals surface area contributed by atoms with Crippen molar-refractivity contribution in [3.8, 4) is 10.6 Å². The number of aromatic nitrogens is 2. The molecule has 3 nitrogen and oxygen atoms in total. The molecule has 0 spiro atoms. The molecule has 90 valence electrons. The van der Waals surface area contributed by atoms with Gasteiger partial charge in [0.25, 0.3) is 5.56 Å². The first-order valence-corrected chi connectivity index (χ1v) is 7.03. The molecule has 0 aliphatic heterocycles. The summed E-state index contributed by atoms with van der Waals surface area (Å²) in [6, 6.07) is 5.83. The average Bonchev–Trinajstić information content (AvgIpc) is 2.85. The van der Waals surface area contributed by atoms with Crippen LogP contribution in [0.1, 0.15) is 18.9 Å². The Kier molecular flexibility index (Phi) is 4.02. The molecule has 0 unspecified atom stereocenters. The minimum atomic E-state index is -0.0258. The zero-order valence-electron chi connectivity index (χ0n) is 9.59. The summed E-state index contributed by atoms with van der Waals surface area (Å²) in [6.45, 7) is 2.69. The Morgan fingerprint density at radius 3 is 2.94 bits per heavy atom. The van der Waals surface area contributed by atoms with Gasteiger partial charge >= 0.3 is 0 Å². The van der Waals surface area contributed by atoms with E-state index in [0.29, 0.717) is 17.9 Å². The lowest BCUT2D eigenvalue weighted by atomic mass is 10.2. The monoisotopic (exact) mass is 266 g/mol. The van der Waals surface area contributed by atoms with Crippen molar-refractivity contribution in [1.29, 1.82) is 0 Å². The van der Waals surface area contributed by atoms with E-state index in [0.717, 1.165) is 17.0 Å². The normalized spacial score (nSPS) is 10.7. The van der Waals surface area contributed by atoms with Gasteiger partial charge in [-0.05, 0) is 23.9 Å². The van der Waals surface area contributed by atoms with Crippen LogP contribution >= 0.6 is 24.0 Å². The van der Waals surface area contributed by atoms with Gasteiger partial charge in [0, 0.05) is 17.9 Å². The predicted molar refractivity (Wildman–Crippen MR) is 74.8 cm³/mol. The fourth-order valence-corrected chi connectivity index (χ4v) is 2.53. The van der Waals surface area contributed by atoms with Crippen LogP contribution in [0.3, 0.4) is 0 Å². The fraction of sp³-hybridized carbons (Fsp3) is 0.333. The minimum Gasteiger partial charge on any atom is -0.267 e. The molecule has 2 rings (SSSR count). The first-order valence-electron chi connectivity index (χ1n) is 5.52. The molecule has 2 aromatic heterocycles. The van der Waals surface area contributed by atoms with Crippen molar-refractivity contribution in [2.24, 2.45) is 0 Å². The molecular formula is C12H14N2OS2. The van der Waals surface area contributed by atoms with Crippen LogP contribution in [-0.4, -0.2) is 9.78 Å². The van der Waals surface area contributed by atoms with E-state index in [-0.39, 0.29) is 5.56 Å². The molecule has 0 aliphatic rings. The van der Waals surface area contributed by atoms with Gasteiger partial charge in [-0.1, -0.05) is 13.0 Å². The van der Waals surface area contributed by atoms with Gasteiger partial charge in [0.2, 0.25) is 0 Å². The fourth-order valence-electron chi connectivity index (χ4n) is 1.62. The largest absolute Gasteiger partial charge is 0.270 e. The number of thiol groups is 1. The van der Waals surface area contributed by atoms with E-state index < -0.39 is 0 Å². The third kappa shape index (κ3) is 2.61. The molecule has 0 N–H and O–H groups in total. The Morgan fingerprint density at radius 1 is 1.53 bits per heavy atom. The Bertz CT molecular complexity index is 546. The summed E-state index contributed by atoms with van der Waals surface area (Å²) in [4.78, 5) is 13.0. The van der Waals surface area contributed by atoms with Crippen molar-refractivity contribution in [3.63, 3.8) is 0 Å². The second kappa shape index (κ2) is 5.51. The van der Waals surface area contributed by atoms with Crippen molar-refractivity contribution in [2.75, 3.05) is 0 Å². The van der Waals surface area contributed by atoms with E-state index in [1.54, 1.807) is 16.0 Å². The Morgan fingerprint density at radius 2 is 2.35 bits per heavy atom. The van der Waals surface area contributed by atoms with Crippen LogP contribution in [0.25, 0.3) is 10.6 Å². The summed E-state index contributed by atoms with van der Waals surface area (Å²) in [5.41, 5.74) is 1.54. The highest BCUT2D eigenvalue weighted by atomic mass is 32.1. The molecule has 0 atom stereocenters. The quantitative estimate of drug-likeness (QED) is 0.864. The zero-order chi connectivity index (χ0) is 12.3. The molecule has 0 saturated carbocycles. The predicted octanol–water partition coefficient (Wildman–Crippen LogP) is 2.81. The Labute approximate surface area is 110 Å².